The summed E-state index contributed by atoms with van der Waals surface area (Å²) in [6.07, 6.45) is 8.41. The first-order chi connectivity index (χ1) is 9.25. The fraction of sp³-hybridized carbons (Fsp3) is 0.611. The van der Waals surface area contributed by atoms with Crippen molar-refractivity contribution < 1.29 is 4.79 Å². The zero-order chi connectivity index (χ0) is 12.9. The summed E-state index contributed by atoms with van der Waals surface area (Å²) in [5, 5.41) is 0. The fourth-order valence-corrected chi connectivity index (χ4v) is 5.29. The Kier molecular flexibility index (Phi) is 2.58. The van der Waals surface area contributed by atoms with E-state index in [0.29, 0.717) is 11.7 Å². The van der Waals surface area contributed by atoms with Crippen LogP contribution in [0.4, 0.5) is 0 Å². The van der Waals surface area contributed by atoms with E-state index < -0.39 is 0 Å². The summed E-state index contributed by atoms with van der Waals surface area (Å²) in [5.41, 5.74) is 1.47. The minimum absolute atomic E-state index is 0.0740. The van der Waals surface area contributed by atoms with Crippen molar-refractivity contribution in [2.75, 3.05) is 0 Å². The number of ketones is 1. The molecule has 0 amide bonds. The zero-order valence-corrected chi connectivity index (χ0v) is 11.5. The second kappa shape index (κ2) is 4.19. The summed E-state index contributed by atoms with van der Waals surface area (Å²) in [4.78, 5) is 12.7. The van der Waals surface area contributed by atoms with Crippen molar-refractivity contribution in [3.8, 4) is 0 Å². The van der Waals surface area contributed by atoms with Crippen LogP contribution in [0, 0.1) is 23.2 Å². The van der Waals surface area contributed by atoms with Gasteiger partial charge in [-0.3, -0.25) is 4.79 Å². The number of benzene rings is 1. The summed E-state index contributed by atoms with van der Waals surface area (Å²) in [5.74, 6) is 2.80. The third-order valence-electron chi connectivity index (χ3n) is 5.89. The molecule has 0 N–H and O–H groups in total. The first-order valence-electron chi connectivity index (χ1n) is 7.83. The van der Waals surface area contributed by atoms with E-state index in [9.17, 15) is 4.79 Å². The zero-order valence-electron chi connectivity index (χ0n) is 11.5. The topological polar surface area (TPSA) is 17.1 Å². The van der Waals surface area contributed by atoms with Gasteiger partial charge in [-0.25, -0.2) is 0 Å². The van der Waals surface area contributed by atoms with Crippen molar-refractivity contribution in [1.29, 1.82) is 0 Å². The van der Waals surface area contributed by atoms with Crippen LogP contribution in [-0.2, 0) is 11.2 Å². The smallest absolute Gasteiger partial charge is 0.142 e. The number of aryl methyl sites for hydroxylation is 1. The van der Waals surface area contributed by atoms with E-state index in [1.807, 2.05) is 0 Å². The monoisotopic (exact) mass is 254 g/mol. The number of Topliss-reactive ketones (excluding diaryl/α,β-unsaturated/α-hetero) is 1. The lowest BCUT2D eigenvalue weighted by molar-refractivity contribution is -0.153. The minimum atomic E-state index is 0.0740. The predicted octanol–water partition coefficient (Wildman–Crippen LogP) is 4.01. The van der Waals surface area contributed by atoms with Gasteiger partial charge in [-0.05, 0) is 62.3 Å². The van der Waals surface area contributed by atoms with Crippen molar-refractivity contribution >= 4 is 5.78 Å². The summed E-state index contributed by atoms with van der Waals surface area (Å²) in [6.45, 7) is 0. The van der Waals surface area contributed by atoms with Crippen LogP contribution in [0.3, 0.4) is 0 Å². The molecule has 19 heavy (non-hydrogen) atoms. The first kappa shape index (κ1) is 11.7. The molecular weight excluding hydrogens is 232 g/mol. The molecule has 0 aliphatic heterocycles. The SMILES string of the molecule is O=C1C2CC3CC(C2)CC1(CCc1ccccc1)C3. The molecule has 5 rings (SSSR count). The van der Waals surface area contributed by atoms with Gasteiger partial charge in [0.2, 0.25) is 0 Å². The highest BCUT2D eigenvalue weighted by Gasteiger charge is 2.56. The van der Waals surface area contributed by atoms with E-state index in [0.717, 1.165) is 24.7 Å². The molecule has 4 saturated carbocycles. The Labute approximate surface area is 115 Å². The number of rotatable bonds is 3. The Morgan fingerprint density at radius 1 is 1.00 bits per heavy atom. The Bertz CT molecular complexity index is 476. The average molecular weight is 254 g/mol. The molecule has 1 heteroatoms. The van der Waals surface area contributed by atoms with E-state index in [1.165, 1.54) is 37.7 Å². The molecule has 2 atom stereocenters. The van der Waals surface area contributed by atoms with E-state index in [-0.39, 0.29) is 5.41 Å². The van der Waals surface area contributed by atoms with Crippen molar-refractivity contribution in [3.05, 3.63) is 35.9 Å². The van der Waals surface area contributed by atoms with Gasteiger partial charge in [0, 0.05) is 11.3 Å². The molecule has 1 aromatic carbocycles. The highest BCUT2D eigenvalue weighted by molar-refractivity contribution is 5.89. The molecule has 0 saturated heterocycles. The molecule has 4 aliphatic carbocycles. The van der Waals surface area contributed by atoms with Crippen LogP contribution in [0.5, 0.6) is 0 Å². The second-order valence-corrected chi connectivity index (χ2v) is 7.17. The molecule has 0 heterocycles. The van der Waals surface area contributed by atoms with Crippen LogP contribution in [0.15, 0.2) is 30.3 Å². The van der Waals surface area contributed by atoms with E-state index >= 15 is 0 Å². The van der Waals surface area contributed by atoms with Gasteiger partial charge >= 0.3 is 0 Å². The first-order valence-corrected chi connectivity index (χ1v) is 7.83. The van der Waals surface area contributed by atoms with Crippen LogP contribution in [0.2, 0.25) is 0 Å². The van der Waals surface area contributed by atoms with Crippen LogP contribution in [0.25, 0.3) is 0 Å². The standard InChI is InChI=1S/C18H22O/c19-17-16-9-14-8-15(10-16)12-18(17,11-14)7-6-13-4-2-1-3-5-13/h1-5,14-16H,6-12H2. The summed E-state index contributed by atoms with van der Waals surface area (Å²) in [7, 11) is 0. The normalized spacial score (nSPS) is 39.8. The Morgan fingerprint density at radius 2 is 1.68 bits per heavy atom. The van der Waals surface area contributed by atoms with E-state index in [4.69, 9.17) is 0 Å². The summed E-state index contributed by atoms with van der Waals surface area (Å²) >= 11 is 0. The average Bonchev–Trinajstić information content (AvgIpc) is 2.43. The van der Waals surface area contributed by atoms with Crippen molar-refractivity contribution in [1.82, 2.24) is 0 Å². The molecule has 100 valence electrons. The highest BCUT2D eigenvalue weighted by Crippen LogP contribution is 2.59. The Hall–Kier alpha value is -1.11. The molecule has 4 fully saturated rings. The van der Waals surface area contributed by atoms with Crippen molar-refractivity contribution in [2.24, 2.45) is 23.2 Å². The van der Waals surface area contributed by atoms with E-state index in [1.54, 1.807) is 0 Å². The van der Waals surface area contributed by atoms with Crippen LogP contribution in [0.1, 0.15) is 44.1 Å². The van der Waals surface area contributed by atoms with Gasteiger partial charge in [-0.2, -0.15) is 0 Å². The number of carbonyl (C=O) groups is 1. The number of carbonyl (C=O) groups excluding carboxylic acids is 1. The van der Waals surface area contributed by atoms with Gasteiger partial charge in [-0.15, -0.1) is 0 Å². The van der Waals surface area contributed by atoms with Crippen LogP contribution in [-0.4, -0.2) is 5.78 Å². The Morgan fingerprint density at radius 3 is 2.37 bits per heavy atom. The molecular formula is C18H22O. The van der Waals surface area contributed by atoms with Crippen molar-refractivity contribution in [2.45, 2.75) is 44.9 Å². The van der Waals surface area contributed by atoms with Gasteiger partial charge in [0.25, 0.3) is 0 Å². The van der Waals surface area contributed by atoms with E-state index in [2.05, 4.69) is 30.3 Å². The van der Waals surface area contributed by atoms with Gasteiger partial charge in [-0.1, -0.05) is 30.3 Å². The lowest BCUT2D eigenvalue weighted by Crippen LogP contribution is -2.53. The molecule has 0 spiro atoms. The van der Waals surface area contributed by atoms with Gasteiger partial charge in [0.05, 0.1) is 0 Å². The predicted molar refractivity (Wildman–Crippen MR) is 75.8 cm³/mol. The van der Waals surface area contributed by atoms with Crippen LogP contribution < -0.4 is 0 Å². The molecule has 0 radical (unpaired) electrons. The Balaban J connectivity index is 1.54. The molecule has 4 bridgehead atoms. The molecule has 0 aromatic heterocycles. The molecule has 1 nitrogen and oxygen atoms in total. The van der Waals surface area contributed by atoms with Crippen LogP contribution >= 0.6 is 0 Å². The van der Waals surface area contributed by atoms with Gasteiger partial charge in [0.15, 0.2) is 0 Å². The maximum absolute atomic E-state index is 12.7. The highest BCUT2D eigenvalue weighted by atomic mass is 16.1. The number of hydrogen-bond acceptors (Lipinski definition) is 1. The minimum Gasteiger partial charge on any atom is -0.299 e. The lowest BCUT2D eigenvalue weighted by atomic mass is 9.48. The van der Waals surface area contributed by atoms with Gasteiger partial charge < -0.3 is 0 Å². The maximum atomic E-state index is 12.7. The van der Waals surface area contributed by atoms with Gasteiger partial charge in [0.1, 0.15) is 5.78 Å². The molecule has 2 unspecified atom stereocenters. The van der Waals surface area contributed by atoms with Crippen molar-refractivity contribution in [3.63, 3.8) is 0 Å². The summed E-state index contributed by atoms with van der Waals surface area (Å²) < 4.78 is 0. The molecule has 4 aliphatic rings. The molecule has 1 aromatic rings. The quantitative estimate of drug-likeness (QED) is 0.796. The third-order valence-corrected chi connectivity index (χ3v) is 5.89. The summed E-state index contributed by atoms with van der Waals surface area (Å²) in [6, 6.07) is 10.7. The largest absolute Gasteiger partial charge is 0.299 e. The number of hydrogen-bond donors (Lipinski definition) is 0. The fourth-order valence-electron chi connectivity index (χ4n) is 5.29. The maximum Gasteiger partial charge on any atom is 0.142 e. The third kappa shape index (κ3) is 1.86. The lowest BCUT2D eigenvalue weighted by Gasteiger charge is -2.55. The second-order valence-electron chi connectivity index (χ2n) is 7.17.